The summed E-state index contributed by atoms with van der Waals surface area (Å²) in [6.45, 7) is 4.22. The van der Waals surface area contributed by atoms with Crippen LogP contribution < -0.4 is 5.19 Å². The molecule has 1 rings (SSSR count). The number of thioether (sulfide) groups is 1. The third kappa shape index (κ3) is 3.75. The summed E-state index contributed by atoms with van der Waals surface area (Å²) in [5.41, 5.74) is -4.19. The molecule has 0 spiro atoms. The smallest absolute Gasteiger partial charge is 0.160 e. The molecule has 0 atom stereocenters. The summed E-state index contributed by atoms with van der Waals surface area (Å²) < 4.78 is 35.9. The number of hydrogen-bond donors (Lipinski definition) is 0. The Bertz CT molecular complexity index is 292. The molecule has 0 aliphatic rings. The molecule has 0 unspecified atom stereocenters. The molecule has 14 heavy (non-hydrogen) atoms. The largest absolute Gasteiger partial charge is 0.446 e. The lowest BCUT2D eigenvalue weighted by Gasteiger charge is -2.07. The van der Waals surface area contributed by atoms with E-state index < -0.39 is 14.3 Å². The summed E-state index contributed by atoms with van der Waals surface area (Å²) in [7, 11) is -0.562. The Morgan fingerprint density at radius 1 is 1.07 bits per heavy atom. The molecule has 0 bridgehead atoms. The van der Waals surface area contributed by atoms with Crippen LogP contribution in [-0.4, -0.2) is 14.3 Å². The summed E-state index contributed by atoms with van der Waals surface area (Å²) in [5, 5.41) is 1.15. The van der Waals surface area contributed by atoms with Gasteiger partial charge in [-0.3, -0.25) is 0 Å². The van der Waals surface area contributed by atoms with Gasteiger partial charge in [-0.2, -0.15) is 13.2 Å². The Morgan fingerprint density at radius 3 is 1.93 bits per heavy atom. The van der Waals surface area contributed by atoms with Gasteiger partial charge in [0.15, 0.2) is 0 Å². The maximum atomic E-state index is 12.0. The molecule has 0 saturated heterocycles. The molecule has 1 radical (unpaired) electrons. The minimum atomic E-state index is -4.19. The van der Waals surface area contributed by atoms with E-state index in [1.807, 2.05) is 0 Å². The van der Waals surface area contributed by atoms with E-state index in [4.69, 9.17) is 0 Å². The number of benzene rings is 1. The number of hydrogen-bond acceptors (Lipinski definition) is 1. The molecular formula is C9H10F3SSi. The van der Waals surface area contributed by atoms with Crippen LogP contribution in [0.2, 0.25) is 13.1 Å². The van der Waals surface area contributed by atoms with Crippen LogP contribution in [0.5, 0.6) is 0 Å². The van der Waals surface area contributed by atoms with Crippen molar-refractivity contribution < 1.29 is 13.2 Å². The SMILES string of the molecule is C[Si](C)c1ccc(SC(F)(F)F)cc1. The molecule has 0 aliphatic carbocycles. The summed E-state index contributed by atoms with van der Waals surface area (Å²) in [5.74, 6) is 0. The van der Waals surface area contributed by atoms with Crippen molar-refractivity contribution in [2.24, 2.45) is 0 Å². The van der Waals surface area contributed by atoms with Crippen molar-refractivity contribution in [3.8, 4) is 0 Å². The zero-order chi connectivity index (χ0) is 10.8. The molecule has 1 aromatic rings. The van der Waals surface area contributed by atoms with Crippen LogP contribution in [0.4, 0.5) is 13.2 Å². The highest BCUT2D eigenvalue weighted by Crippen LogP contribution is 2.36. The first kappa shape index (κ1) is 11.7. The molecule has 1 aromatic carbocycles. The normalized spacial score (nSPS) is 12.1. The van der Waals surface area contributed by atoms with E-state index in [2.05, 4.69) is 13.1 Å². The van der Waals surface area contributed by atoms with E-state index in [-0.39, 0.29) is 16.7 Å². The van der Waals surface area contributed by atoms with Gasteiger partial charge in [-0.1, -0.05) is 30.4 Å². The fraction of sp³-hybridized carbons (Fsp3) is 0.333. The monoisotopic (exact) mass is 235 g/mol. The highest BCUT2D eigenvalue weighted by molar-refractivity contribution is 8.00. The van der Waals surface area contributed by atoms with Gasteiger partial charge in [0.25, 0.3) is 0 Å². The predicted octanol–water partition coefficient (Wildman–Crippen LogP) is 3.26. The molecule has 0 fully saturated rings. The van der Waals surface area contributed by atoms with E-state index in [9.17, 15) is 13.2 Å². The first-order chi connectivity index (χ1) is 6.38. The van der Waals surface area contributed by atoms with Crippen molar-refractivity contribution in [3.63, 3.8) is 0 Å². The lowest BCUT2D eigenvalue weighted by molar-refractivity contribution is -0.0328. The van der Waals surface area contributed by atoms with E-state index in [1.54, 1.807) is 12.1 Å². The summed E-state index contributed by atoms with van der Waals surface area (Å²) in [6.07, 6.45) is 0. The summed E-state index contributed by atoms with van der Waals surface area (Å²) in [4.78, 5) is 0.254. The van der Waals surface area contributed by atoms with Crippen LogP contribution in [0.15, 0.2) is 29.2 Å². The van der Waals surface area contributed by atoms with E-state index in [1.165, 1.54) is 12.1 Å². The van der Waals surface area contributed by atoms with Crippen LogP contribution >= 0.6 is 11.8 Å². The maximum Gasteiger partial charge on any atom is 0.446 e. The zero-order valence-corrected chi connectivity index (χ0v) is 9.67. The first-order valence-electron chi connectivity index (χ1n) is 4.05. The fourth-order valence-electron chi connectivity index (χ4n) is 0.990. The first-order valence-corrected chi connectivity index (χ1v) is 7.36. The van der Waals surface area contributed by atoms with Crippen LogP contribution in [-0.2, 0) is 0 Å². The van der Waals surface area contributed by atoms with Crippen molar-refractivity contribution in [2.45, 2.75) is 23.5 Å². The lowest BCUT2D eigenvalue weighted by Crippen LogP contribution is -2.21. The maximum absolute atomic E-state index is 12.0. The third-order valence-electron chi connectivity index (χ3n) is 1.67. The van der Waals surface area contributed by atoms with Gasteiger partial charge in [0, 0.05) is 4.90 Å². The van der Waals surface area contributed by atoms with E-state index in [0.29, 0.717) is 0 Å². The van der Waals surface area contributed by atoms with Gasteiger partial charge in [0.2, 0.25) is 0 Å². The van der Waals surface area contributed by atoms with Gasteiger partial charge in [0.1, 0.15) is 0 Å². The average Bonchev–Trinajstić information content (AvgIpc) is 2.02. The standard InChI is InChI=1S/C9H10F3SSi/c1-14(2)8-5-3-7(4-6-8)13-9(10,11)12/h3-6H,1-2H3. The molecule has 5 heteroatoms. The number of rotatable bonds is 2. The fourth-order valence-corrected chi connectivity index (χ4v) is 2.36. The average molecular weight is 235 g/mol. The molecule has 0 amide bonds. The Kier molecular flexibility index (Phi) is 3.66. The van der Waals surface area contributed by atoms with Gasteiger partial charge in [0.05, 0.1) is 8.80 Å². The summed E-state index contributed by atoms with van der Waals surface area (Å²) in [6, 6.07) is 6.63. The third-order valence-corrected chi connectivity index (χ3v) is 3.89. The van der Waals surface area contributed by atoms with Crippen LogP contribution in [0, 0.1) is 0 Å². The van der Waals surface area contributed by atoms with Gasteiger partial charge < -0.3 is 0 Å². The van der Waals surface area contributed by atoms with Crippen molar-refractivity contribution >= 4 is 25.7 Å². The minimum absolute atomic E-state index is 0.0675. The molecule has 0 heterocycles. The Labute approximate surface area is 87.1 Å². The zero-order valence-electron chi connectivity index (χ0n) is 7.85. The molecule has 0 N–H and O–H groups in total. The minimum Gasteiger partial charge on any atom is -0.160 e. The number of alkyl halides is 3. The van der Waals surface area contributed by atoms with Gasteiger partial charge >= 0.3 is 5.51 Å². The second-order valence-corrected chi connectivity index (χ2v) is 6.79. The Morgan fingerprint density at radius 2 is 1.57 bits per heavy atom. The van der Waals surface area contributed by atoms with Crippen LogP contribution in [0.25, 0.3) is 0 Å². The topological polar surface area (TPSA) is 0 Å². The van der Waals surface area contributed by atoms with Crippen molar-refractivity contribution in [1.82, 2.24) is 0 Å². The molecular weight excluding hydrogens is 225 g/mol. The molecule has 0 aromatic heterocycles. The molecule has 0 nitrogen and oxygen atoms in total. The lowest BCUT2D eigenvalue weighted by atomic mass is 10.4. The highest BCUT2D eigenvalue weighted by Gasteiger charge is 2.28. The van der Waals surface area contributed by atoms with Crippen LogP contribution in [0.1, 0.15) is 0 Å². The van der Waals surface area contributed by atoms with Crippen molar-refractivity contribution in [1.29, 1.82) is 0 Å². The quantitative estimate of drug-likeness (QED) is 0.560. The predicted molar refractivity (Wildman–Crippen MR) is 55.5 cm³/mol. The van der Waals surface area contributed by atoms with Crippen molar-refractivity contribution in [2.75, 3.05) is 0 Å². The van der Waals surface area contributed by atoms with Gasteiger partial charge in [-0.15, -0.1) is 0 Å². The number of halogens is 3. The molecule has 0 aliphatic heterocycles. The Balaban J connectivity index is 2.74. The second kappa shape index (κ2) is 4.40. The second-order valence-electron chi connectivity index (χ2n) is 3.07. The van der Waals surface area contributed by atoms with Crippen LogP contribution in [0.3, 0.4) is 0 Å². The highest BCUT2D eigenvalue weighted by atomic mass is 32.2. The van der Waals surface area contributed by atoms with E-state index >= 15 is 0 Å². The summed E-state index contributed by atoms with van der Waals surface area (Å²) >= 11 is -0.0675. The van der Waals surface area contributed by atoms with E-state index in [0.717, 1.165) is 5.19 Å². The Hall–Kier alpha value is -0.423. The van der Waals surface area contributed by atoms with Gasteiger partial charge in [-0.05, 0) is 23.9 Å². The molecule has 0 saturated carbocycles. The molecule has 77 valence electrons. The van der Waals surface area contributed by atoms with Crippen molar-refractivity contribution in [3.05, 3.63) is 24.3 Å². The van der Waals surface area contributed by atoms with Gasteiger partial charge in [-0.25, -0.2) is 0 Å².